The third kappa shape index (κ3) is 4.22. The van der Waals surface area contributed by atoms with E-state index in [0.29, 0.717) is 17.9 Å². The van der Waals surface area contributed by atoms with Gasteiger partial charge in [0, 0.05) is 5.69 Å². The van der Waals surface area contributed by atoms with Gasteiger partial charge in [-0.25, -0.2) is 4.39 Å². The van der Waals surface area contributed by atoms with Crippen molar-refractivity contribution in [3.05, 3.63) is 54.3 Å². The molecule has 2 aromatic carbocycles. The summed E-state index contributed by atoms with van der Waals surface area (Å²) in [4.78, 5) is 12.2. The molecule has 0 aliphatic carbocycles. The number of hydrogen-bond donors (Lipinski definition) is 1. The molecule has 0 saturated carbocycles. The molecule has 2 rings (SSSR count). The topological polar surface area (TPSA) is 47.6 Å². The summed E-state index contributed by atoms with van der Waals surface area (Å²) >= 11 is 0. The molecule has 0 unspecified atom stereocenters. The van der Waals surface area contributed by atoms with E-state index in [-0.39, 0.29) is 11.7 Å². The monoisotopic (exact) mass is 303 g/mol. The first kappa shape index (κ1) is 15.8. The van der Waals surface area contributed by atoms with E-state index in [1.54, 1.807) is 31.4 Å². The quantitative estimate of drug-likeness (QED) is 0.886. The van der Waals surface area contributed by atoms with Gasteiger partial charge in [0.15, 0.2) is 6.10 Å². The van der Waals surface area contributed by atoms with Crippen LogP contribution in [0.25, 0.3) is 0 Å². The highest BCUT2D eigenvalue weighted by atomic mass is 19.1. The van der Waals surface area contributed by atoms with Gasteiger partial charge in [0.1, 0.15) is 17.3 Å². The summed E-state index contributed by atoms with van der Waals surface area (Å²) in [5.74, 6) is 0.683. The van der Waals surface area contributed by atoms with Crippen LogP contribution in [0.2, 0.25) is 0 Å². The molecule has 0 saturated heterocycles. The number of halogens is 1. The Kier molecular flexibility index (Phi) is 5.36. The molecule has 0 aromatic heterocycles. The maximum Gasteiger partial charge on any atom is 0.265 e. The molecule has 4 nitrogen and oxygen atoms in total. The Balaban J connectivity index is 2.00. The molecule has 0 bridgehead atoms. The zero-order valence-corrected chi connectivity index (χ0v) is 12.5. The van der Waals surface area contributed by atoms with E-state index >= 15 is 0 Å². The number of carbonyl (C=O) groups excluding carboxylic acids is 1. The van der Waals surface area contributed by atoms with Crippen LogP contribution in [0, 0.1) is 5.82 Å². The molecule has 0 radical (unpaired) electrons. The highest BCUT2D eigenvalue weighted by Crippen LogP contribution is 2.19. The van der Waals surface area contributed by atoms with Crippen molar-refractivity contribution in [3.63, 3.8) is 0 Å². The minimum absolute atomic E-state index is 0.273. The fraction of sp³-hybridized carbons (Fsp3) is 0.235. The normalized spacial score (nSPS) is 11.6. The third-order valence-electron chi connectivity index (χ3n) is 3.11. The minimum Gasteiger partial charge on any atom is -0.497 e. The van der Waals surface area contributed by atoms with Gasteiger partial charge in [-0.15, -0.1) is 0 Å². The van der Waals surface area contributed by atoms with Gasteiger partial charge < -0.3 is 14.8 Å². The molecule has 22 heavy (non-hydrogen) atoms. The van der Waals surface area contributed by atoms with Gasteiger partial charge in [-0.3, -0.25) is 4.79 Å². The van der Waals surface area contributed by atoms with E-state index in [1.165, 1.54) is 24.3 Å². The van der Waals surface area contributed by atoms with E-state index in [9.17, 15) is 9.18 Å². The number of benzene rings is 2. The Morgan fingerprint density at radius 3 is 2.23 bits per heavy atom. The van der Waals surface area contributed by atoms with Crippen LogP contribution in [0.4, 0.5) is 10.1 Å². The Bertz CT molecular complexity index is 611. The van der Waals surface area contributed by atoms with E-state index in [2.05, 4.69) is 5.32 Å². The molecule has 0 aliphatic rings. The predicted octanol–water partition coefficient (Wildman–Crippen LogP) is 3.63. The lowest BCUT2D eigenvalue weighted by molar-refractivity contribution is -0.122. The van der Waals surface area contributed by atoms with Gasteiger partial charge in [-0.1, -0.05) is 6.92 Å². The first-order chi connectivity index (χ1) is 10.6. The molecule has 1 N–H and O–H groups in total. The number of amides is 1. The lowest BCUT2D eigenvalue weighted by atomic mass is 10.2. The second-order valence-corrected chi connectivity index (χ2v) is 4.69. The van der Waals surface area contributed by atoms with Crippen LogP contribution in [-0.4, -0.2) is 19.1 Å². The first-order valence-electron chi connectivity index (χ1n) is 6.99. The molecule has 1 amide bonds. The van der Waals surface area contributed by atoms with Crippen LogP contribution in [-0.2, 0) is 4.79 Å². The van der Waals surface area contributed by atoms with Gasteiger partial charge in [-0.2, -0.15) is 0 Å². The van der Waals surface area contributed by atoms with Crippen molar-refractivity contribution < 1.29 is 18.7 Å². The van der Waals surface area contributed by atoms with Crippen LogP contribution in [0.1, 0.15) is 13.3 Å². The summed E-state index contributed by atoms with van der Waals surface area (Å²) in [6, 6.07) is 12.6. The van der Waals surface area contributed by atoms with E-state index in [4.69, 9.17) is 9.47 Å². The van der Waals surface area contributed by atoms with Crippen molar-refractivity contribution in [1.82, 2.24) is 0 Å². The van der Waals surface area contributed by atoms with Gasteiger partial charge in [0.2, 0.25) is 0 Å². The second-order valence-electron chi connectivity index (χ2n) is 4.69. The Morgan fingerprint density at radius 2 is 1.68 bits per heavy atom. The Labute approximate surface area is 128 Å². The second kappa shape index (κ2) is 7.45. The largest absolute Gasteiger partial charge is 0.497 e. The highest BCUT2D eigenvalue weighted by molar-refractivity contribution is 5.94. The van der Waals surface area contributed by atoms with Gasteiger partial charge in [0.05, 0.1) is 7.11 Å². The van der Waals surface area contributed by atoms with Crippen molar-refractivity contribution in [1.29, 1.82) is 0 Å². The van der Waals surface area contributed by atoms with Crippen LogP contribution < -0.4 is 14.8 Å². The van der Waals surface area contributed by atoms with Crippen molar-refractivity contribution in [2.75, 3.05) is 12.4 Å². The number of hydrogen-bond acceptors (Lipinski definition) is 3. The summed E-state index contributed by atoms with van der Waals surface area (Å²) < 4.78 is 23.6. The average molecular weight is 303 g/mol. The van der Waals surface area contributed by atoms with Crippen LogP contribution in [0.3, 0.4) is 0 Å². The molecule has 0 fully saturated rings. The summed E-state index contributed by atoms with van der Waals surface area (Å²) in [7, 11) is 1.58. The van der Waals surface area contributed by atoms with Crippen molar-refractivity contribution in [3.8, 4) is 11.5 Å². The zero-order chi connectivity index (χ0) is 15.9. The summed E-state index contributed by atoms with van der Waals surface area (Å²) in [6.45, 7) is 1.86. The molecular formula is C17H18FNO3. The molecule has 0 aliphatic heterocycles. The van der Waals surface area contributed by atoms with Crippen LogP contribution >= 0.6 is 0 Å². The molecule has 116 valence electrons. The van der Waals surface area contributed by atoms with Gasteiger partial charge in [-0.05, 0) is 55.0 Å². The van der Waals surface area contributed by atoms with Crippen molar-refractivity contribution in [2.24, 2.45) is 0 Å². The smallest absolute Gasteiger partial charge is 0.265 e. The number of nitrogens with one attached hydrogen (secondary N) is 1. The van der Waals surface area contributed by atoms with Crippen molar-refractivity contribution in [2.45, 2.75) is 19.4 Å². The Morgan fingerprint density at radius 1 is 1.09 bits per heavy atom. The predicted molar refractivity (Wildman–Crippen MR) is 82.7 cm³/mol. The number of carbonyl (C=O) groups is 1. The third-order valence-corrected chi connectivity index (χ3v) is 3.11. The van der Waals surface area contributed by atoms with E-state index in [1.807, 2.05) is 6.92 Å². The highest BCUT2D eigenvalue weighted by Gasteiger charge is 2.18. The average Bonchev–Trinajstić information content (AvgIpc) is 2.55. The van der Waals surface area contributed by atoms with Gasteiger partial charge in [0.25, 0.3) is 5.91 Å². The number of anilines is 1. The maximum absolute atomic E-state index is 12.9. The number of methoxy groups -OCH3 is 1. The zero-order valence-electron chi connectivity index (χ0n) is 12.5. The van der Waals surface area contributed by atoms with E-state index < -0.39 is 6.10 Å². The maximum atomic E-state index is 12.9. The fourth-order valence-electron chi connectivity index (χ4n) is 1.90. The SMILES string of the molecule is CC[C@@H](Oc1ccc(OC)cc1)C(=O)Nc1ccc(F)cc1. The van der Waals surface area contributed by atoms with Crippen LogP contribution in [0.15, 0.2) is 48.5 Å². The van der Waals surface area contributed by atoms with Gasteiger partial charge >= 0.3 is 0 Å². The molecule has 5 heteroatoms. The lowest BCUT2D eigenvalue weighted by Gasteiger charge is -2.17. The van der Waals surface area contributed by atoms with E-state index in [0.717, 1.165) is 5.75 Å². The molecule has 2 aromatic rings. The molecular weight excluding hydrogens is 285 g/mol. The number of ether oxygens (including phenoxy) is 2. The van der Waals surface area contributed by atoms with Crippen LogP contribution in [0.5, 0.6) is 11.5 Å². The minimum atomic E-state index is -0.626. The summed E-state index contributed by atoms with van der Waals surface area (Å²) in [5, 5.41) is 2.71. The summed E-state index contributed by atoms with van der Waals surface area (Å²) in [6.07, 6.45) is -0.113. The molecule has 0 heterocycles. The van der Waals surface area contributed by atoms with Crippen molar-refractivity contribution >= 4 is 11.6 Å². The summed E-state index contributed by atoms with van der Waals surface area (Å²) in [5.41, 5.74) is 0.531. The number of rotatable bonds is 6. The Hall–Kier alpha value is -2.56. The standard InChI is InChI=1S/C17H18FNO3/c1-3-16(22-15-10-8-14(21-2)9-11-15)17(20)19-13-6-4-12(18)5-7-13/h4-11,16H,3H2,1-2H3,(H,19,20)/t16-/m1/s1. The fourth-order valence-corrected chi connectivity index (χ4v) is 1.90. The first-order valence-corrected chi connectivity index (χ1v) is 6.99. The molecule has 0 spiro atoms. The molecule has 1 atom stereocenters. The lowest BCUT2D eigenvalue weighted by Crippen LogP contribution is -2.32.